The minimum atomic E-state index is 0.277. The molecule has 4 nitrogen and oxygen atoms in total. The topological polar surface area (TPSA) is 49.8 Å². The summed E-state index contributed by atoms with van der Waals surface area (Å²) in [6.07, 6.45) is 0.981. The lowest BCUT2D eigenvalue weighted by Crippen LogP contribution is -2.16. The zero-order valence-electron chi connectivity index (χ0n) is 14.6. The van der Waals surface area contributed by atoms with Crippen molar-refractivity contribution in [2.24, 2.45) is 0 Å². The summed E-state index contributed by atoms with van der Waals surface area (Å²) in [6, 6.07) is 17.6. The molecule has 0 saturated carbocycles. The maximum atomic E-state index is 6.11. The molecule has 6 heteroatoms. The first-order valence-electron chi connectivity index (χ1n) is 8.48. The van der Waals surface area contributed by atoms with Crippen molar-refractivity contribution < 1.29 is 0 Å². The smallest absolute Gasteiger partial charge is 0.225 e. The van der Waals surface area contributed by atoms with Crippen molar-refractivity contribution in [2.75, 3.05) is 10.6 Å². The van der Waals surface area contributed by atoms with Crippen LogP contribution < -0.4 is 10.6 Å². The van der Waals surface area contributed by atoms with Crippen molar-refractivity contribution in [3.63, 3.8) is 0 Å². The Morgan fingerprint density at radius 1 is 0.962 bits per heavy atom. The van der Waals surface area contributed by atoms with E-state index in [0.717, 1.165) is 23.4 Å². The van der Waals surface area contributed by atoms with Crippen molar-refractivity contribution in [3.8, 4) is 11.3 Å². The molecule has 0 amide bonds. The number of aromatic nitrogens is 2. The van der Waals surface area contributed by atoms with Gasteiger partial charge in [0.1, 0.15) is 5.82 Å². The fourth-order valence-electron chi connectivity index (χ4n) is 2.38. The predicted molar refractivity (Wildman–Crippen MR) is 111 cm³/mol. The first kappa shape index (κ1) is 18.5. The van der Waals surface area contributed by atoms with Crippen LogP contribution in [0.4, 0.5) is 17.5 Å². The Labute approximate surface area is 163 Å². The Balaban J connectivity index is 1.97. The van der Waals surface area contributed by atoms with Crippen molar-refractivity contribution >= 4 is 40.7 Å². The van der Waals surface area contributed by atoms with Crippen LogP contribution in [0, 0.1) is 0 Å². The molecule has 0 saturated heterocycles. The molecule has 1 aromatic heterocycles. The Hall–Kier alpha value is -2.30. The number of nitrogens with one attached hydrogen (secondary N) is 2. The standard InChI is InChI=1S/C20H20Cl2N4/c1-3-13(2)23-20-25-18(14-7-5-4-6-8-14)12-19(26-20)24-15-9-10-16(21)17(22)11-15/h4-13H,3H2,1-2H3,(H2,23,24,25,26)/t13-/m1/s1. The van der Waals surface area contributed by atoms with Gasteiger partial charge in [-0.25, -0.2) is 4.98 Å². The Morgan fingerprint density at radius 2 is 1.73 bits per heavy atom. The van der Waals surface area contributed by atoms with Gasteiger partial charge in [0.05, 0.1) is 15.7 Å². The van der Waals surface area contributed by atoms with Crippen LogP contribution in [0.3, 0.4) is 0 Å². The number of hydrogen-bond donors (Lipinski definition) is 2. The normalized spacial score (nSPS) is 11.8. The molecule has 2 aromatic carbocycles. The lowest BCUT2D eigenvalue weighted by molar-refractivity contribution is 0.753. The quantitative estimate of drug-likeness (QED) is 0.514. The van der Waals surface area contributed by atoms with Gasteiger partial charge < -0.3 is 10.6 Å². The molecular weight excluding hydrogens is 367 g/mol. The number of nitrogens with zero attached hydrogens (tertiary/aromatic N) is 2. The van der Waals surface area contributed by atoms with Crippen molar-refractivity contribution in [2.45, 2.75) is 26.3 Å². The highest BCUT2D eigenvalue weighted by molar-refractivity contribution is 6.42. The second-order valence-electron chi connectivity index (χ2n) is 6.04. The predicted octanol–water partition coefficient (Wildman–Crippen LogP) is 6.40. The number of benzene rings is 2. The molecule has 134 valence electrons. The summed E-state index contributed by atoms with van der Waals surface area (Å²) >= 11 is 12.1. The molecule has 0 radical (unpaired) electrons. The zero-order chi connectivity index (χ0) is 18.5. The summed E-state index contributed by atoms with van der Waals surface area (Å²) in [5.41, 5.74) is 2.68. The molecule has 1 heterocycles. The average molecular weight is 387 g/mol. The fourth-order valence-corrected chi connectivity index (χ4v) is 2.67. The van der Waals surface area contributed by atoms with Gasteiger partial charge in [0.2, 0.25) is 5.95 Å². The summed E-state index contributed by atoms with van der Waals surface area (Å²) in [6.45, 7) is 4.22. The van der Waals surface area contributed by atoms with E-state index >= 15 is 0 Å². The number of anilines is 3. The lowest BCUT2D eigenvalue weighted by atomic mass is 10.1. The highest BCUT2D eigenvalue weighted by Gasteiger charge is 2.09. The Bertz CT molecular complexity index is 884. The van der Waals surface area contributed by atoms with E-state index in [4.69, 9.17) is 23.2 Å². The Kier molecular flexibility index (Phi) is 5.96. The number of hydrogen-bond acceptors (Lipinski definition) is 4. The van der Waals surface area contributed by atoms with E-state index in [1.54, 1.807) is 12.1 Å². The van der Waals surface area contributed by atoms with Crippen molar-refractivity contribution in [3.05, 3.63) is 64.6 Å². The molecule has 0 aliphatic carbocycles. The van der Waals surface area contributed by atoms with E-state index < -0.39 is 0 Å². The average Bonchev–Trinajstić information content (AvgIpc) is 2.65. The van der Waals surface area contributed by atoms with Crippen LogP contribution in [0.2, 0.25) is 10.0 Å². The molecule has 0 aliphatic heterocycles. The maximum absolute atomic E-state index is 6.11. The zero-order valence-corrected chi connectivity index (χ0v) is 16.1. The van der Waals surface area contributed by atoms with Crippen LogP contribution in [0.1, 0.15) is 20.3 Å². The van der Waals surface area contributed by atoms with Gasteiger partial charge in [-0.05, 0) is 31.5 Å². The third-order valence-electron chi connectivity index (χ3n) is 3.98. The molecule has 0 aliphatic rings. The minimum Gasteiger partial charge on any atom is -0.352 e. The van der Waals surface area contributed by atoms with Gasteiger partial charge in [-0.2, -0.15) is 4.98 Å². The molecule has 3 aromatic rings. The summed E-state index contributed by atoms with van der Waals surface area (Å²) in [5, 5.41) is 7.63. The fraction of sp³-hybridized carbons (Fsp3) is 0.200. The van der Waals surface area contributed by atoms with Gasteiger partial charge in [0.15, 0.2) is 0 Å². The summed E-state index contributed by atoms with van der Waals surface area (Å²) in [4.78, 5) is 9.24. The second kappa shape index (κ2) is 8.39. The van der Waals surface area contributed by atoms with Gasteiger partial charge in [-0.1, -0.05) is 60.5 Å². The maximum Gasteiger partial charge on any atom is 0.225 e. The van der Waals surface area contributed by atoms with Crippen LogP contribution in [-0.4, -0.2) is 16.0 Å². The number of halogens is 2. The van der Waals surface area contributed by atoms with Crippen LogP contribution in [0.5, 0.6) is 0 Å². The third kappa shape index (κ3) is 4.65. The monoisotopic (exact) mass is 386 g/mol. The van der Waals surface area contributed by atoms with E-state index in [1.165, 1.54) is 0 Å². The first-order valence-corrected chi connectivity index (χ1v) is 9.24. The van der Waals surface area contributed by atoms with Crippen LogP contribution in [-0.2, 0) is 0 Å². The molecule has 26 heavy (non-hydrogen) atoms. The van der Waals surface area contributed by atoms with Gasteiger partial charge >= 0.3 is 0 Å². The van der Waals surface area contributed by atoms with E-state index in [1.807, 2.05) is 42.5 Å². The highest BCUT2D eigenvalue weighted by Crippen LogP contribution is 2.28. The lowest BCUT2D eigenvalue weighted by Gasteiger charge is -2.15. The molecule has 0 spiro atoms. The van der Waals surface area contributed by atoms with Gasteiger partial charge in [-0.3, -0.25) is 0 Å². The minimum absolute atomic E-state index is 0.277. The summed E-state index contributed by atoms with van der Waals surface area (Å²) in [5.74, 6) is 1.27. The molecule has 0 fully saturated rings. The molecule has 0 unspecified atom stereocenters. The van der Waals surface area contributed by atoms with E-state index in [9.17, 15) is 0 Å². The molecule has 0 bridgehead atoms. The van der Waals surface area contributed by atoms with Gasteiger partial charge in [-0.15, -0.1) is 0 Å². The number of rotatable bonds is 6. The van der Waals surface area contributed by atoms with E-state index in [0.29, 0.717) is 21.8 Å². The van der Waals surface area contributed by atoms with Crippen LogP contribution >= 0.6 is 23.2 Å². The second-order valence-corrected chi connectivity index (χ2v) is 6.85. The Morgan fingerprint density at radius 3 is 2.42 bits per heavy atom. The third-order valence-corrected chi connectivity index (χ3v) is 4.71. The largest absolute Gasteiger partial charge is 0.352 e. The van der Waals surface area contributed by atoms with E-state index in [-0.39, 0.29) is 6.04 Å². The summed E-state index contributed by atoms with van der Waals surface area (Å²) in [7, 11) is 0. The van der Waals surface area contributed by atoms with Gasteiger partial charge in [0.25, 0.3) is 0 Å². The van der Waals surface area contributed by atoms with E-state index in [2.05, 4.69) is 34.4 Å². The molecule has 1 atom stereocenters. The highest BCUT2D eigenvalue weighted by atomic mass is 35.5. The molecule has 3 rings (SSSR count). The van der Waals surface area contributed by atoms with Gasteiger partial charge in [0, 0.05) is 23.4 Å². The van der Waals surface area contributed by atoms with Crippen molar-refractivity contribution in [1.29, 1.82) is 0 Å². The SMILES string of the molecule is CC[C@@H](C)Nc1nc(Nc2ccc(Cl)c(Cl)c2)cc(-c2ccccc2)n1. The molecule has 2 N–H and O–H groups in total. The van der Waals surface area contributed by atoms with Crippen LogP contribution in [0.15, 0.2) is 54.6 Å². The van der Waals surface area contributed by atoms with Crippen molar-refractivity contribution in [1.82, 2.24) is 9.97 Å². The summed E-state index contributed by atoms with van der Waals surface area (Å²) < 4.78 is 0. The first-order chi connectivity index (χ1) is 12.5. The molecular formula is C20H20Cl2N4. The van der Waals surface area contributed by atoms with Crippen LogP contribution in [0.25, 0.3) is 11.3 Å².